The van der Waals surface area contributed by atoms with E-state index in [0.29, 0.717) is 17.0 Å². The van der Waals surface area contributed by atoms with Crippen molar-refractivity contribution in [1.29, 1.82) is 0 Å². The number of amides is 2. The lowest BCUT2D eigenvalue weighted by Crippen LogP contribution is -2.46. The number of nitrogens with one attached hydrogen (secondary N) is 1. The van der Waals surface area contributed by atoms with Crippen LogP contribution in [-0.2, 0) is 9.53 Å². The zero-order valence-electron chi connectivity index (χ0n) is 16.5. The van der Waals surface area contributed by atoms with Gasteiger partial charge in [-0.25, -0.2) is 9.59 Å². The van der Waals surface area contributed by atoms with Gasteiger partial charge in [0.05, 0.1) is 16.5 Å². The van der Waals surface area contributed by atoms with Gasteiger partial charge in [-0.2, -0.15) is 0 Å². The topological polar surface area (TPSA) is 111 Å². The Labute approximate surface area is 173 Å². The van der Waals surface area contributed by atoms with Crippen LogP contribution in [-0.4, -0.2) is 42.1 Å². The van der Waals surface area contributed by atoms with E-state index < -0.39 is 16.9 Å². The van der Waals surface area contributed by atoms with E-state index in [1.54, 1.807) is 26.1 Å². The van der Waals surface area contributed by atoms with Gasteiger partial charge in [-0.1, -0.05) is 18.2 Å². The number of carbonyl (C=O) groups is 2. The number of esters is 1. The molecule has 0 radical (unpaired) electrons. The molecule has 2 aromatic carbocycles. The summed E-state index contributed by atoms with van der Waals surface area (Å²) in [6, 6.07) is 13.6. The van der Waals surface area contributed by atoms with E-state index >= 15 is 0 Å². The number of nitrogens with zero attached hydrogens (tertiary/aromatic N) is 2. The first kappa shape index (κ1) is 20.8. The van der Waals surface area contributed by atoms with E-state index in [0.717, 1.165) is 0 Å². The van der Waals surface area contributed by atoms with Gasteiger partial charge in [0.2, 0.25) is 0 Å². The second-order valence-electron chi connectivity index (χ2n) is 6.59. The first-order valence-electron chi connectivity index (χ1n) is 9.23. The first-order valence-corrected chi connectivity index (χ1v) is 9.23. The van der Waals surface area contributed by atoms with E-state index in [4.69, 9.17) is 9.47 Å². The van der Waals surface area contributed by atoms with Crippen LogP contribution in [0.25, 0.3) is 0 Å². The van der Waals surface area contributed by atoms with Crippen molar-refractivity contribution in [3.63, 3.8) is 0 Å². The number of allylic oxidation sites excluding steroid dienone is 1. The summed E-state index contributed by atoms with van der Waals surface area (Å²) in [7, 11) is 1.54. The molecule has 0 aromatic heterocycles. The molecule has 30 heavy (non-hydrogen) atoms. The standard InChI is InChI=1S/C21H21N3O6/c1-14-18(20(25)30-13-12-29-17-6-4-3-5-7-17)19(22-21(26)23(14)2)15-8-10-16(11-9-15)24(27)28/h3-11,19H,12-13H2,1-2H3,(H,22,26)/t19-/m0/s1. The van der Waals surface area contributed by atoms with Crippen LogP contribution < -0.4 is 10.1 Å². The maximum absolute atomic E-state index is 12.8. The molecule has 9 nitrogen and oxygen atoms in total. The van der Waals surface area contributed by atoms with Crippen molar-refractivity contribution in [2.75, 3.05) is 20.3 Å². The summed E-state index contributed by atoms with van der Waals surface area (Å²) in [5, 5.41) is 13.6. The third kappa shape index (κ3) is 4.57. The summed E-state index contributed by atoms with van der Waals surface area (Å²) >= 11 is 0. The summed E-state index contributed by atoms with van der Waals surface area (Å²) in [6.07, 6.45) is 0. The van der Waals surface area contributed by atoms with Gasteiger partial charge in [-0.3, -0.25) is 10.1 Å². The predicted octanol–water partition coefficient (Wildman–Crippen LogP) is 3.19. The van der Waals surface area contributed by atoms with Crippen molar-refractivity contribution < 1.29 is 24.0 Å². The smallest absolute Gasteiger partial charge is 0.338 e. The largest absolute Gasteiger partial charge is 0.490 e. The highest BCUT2D eigenvalue weighted by Crippen LogP contribution is 2.31. The van der Waals surface area contributed by atoms with Crippen LogP contribution in [0.15, 0.2) is 65.9 Å². The van der Waals surface area contributed by atoms with Gasteiger partial charge in [-0.05, 0) is 36.8 Å². The van der Waals surface area contributed by atoms with Gasteiger partial charge in [0.15, 0.2) is 0 Å². The lowest BCUT2D eigenvalue weighted by atomic mass is 9.95. The molecular weight excluding hydrogens is 390 g/mol. The Morgan fingerprint density at radius 2 is 1.80 bits per heavy atom. The van der Waals surface area contributed by atoms with Crippen LogP contribution in [0.1, 0.15) is 18.5 Å². The molecule has 0 saturated carbocycles. The minimum atomic E-state index is -0.781. The van der Waals surface area contributed by atoms with Crippen molar-refractivity contribution in [3.05, 3.63) is 81.5 Å². The fraction of sp³-hybridized carbons (Fsp3) is 0.238. The fourth-order valence-corrected chi connectivity index (χ4v) is 3.03. The number of nitro benzene ring substituents is 1. The quantitative estimate of drug-likeness (QED) is 0.324. The summed E-state index contributed by atoms with van der Waals surface area (Å²) < 4.78 is 10.9. The maximum atomic E-state index is 12.8. The lowest BCUT2D eigenvalue weighted by molar-refractivity contribution is -0.384. The van der Waals surface area contributed by atoms with Crippen molar-refractivity contribution >= 4 is 17.7 Å². The van der Waals surface area contributed by atoms with Crippen molar-refractivity contribution in [3.8, 4) is 5.75 Å². The van der Waals surface area contributed by atoms with E-state index in [1.165, 1.54) is 29.2 Å². The summed E-state index contributed by atoms with van der Waals surface area (Å²) in [4.78, 5) is 36.8. The number of hydrogen-bond acceptors (Lipinski definition) is 6. The second kappa shape index (κ2) is 9.08. The molecule has 9 heteroatoms. The third-order valence-corrected chi connectivity index (χ3v) is 4.74. The Kier molecular flexibility index (Phi) is 6.31. The summed E-state index contributed by atoms with van der Waals surface area (Å²) in [5.74, 6) is 0.0664. The summed E-state index contributed by atoms with van der Waals surface area (Å²) in [6.45, 7) is 1.84. The number of non-ortho nitro benzene ring substituents is 1. The Hall–Kier alpha value is -3.88. The molecule has 0 fully saturated rings. The normalized spacial score (nSPS) is 16.1. The Morgan fingerprint density at radius 3 is 2.43 bits per heavy atom. The van der Waals surface area contributed by atoms with E-state index in [2.05, 4.69) is 5.32 Å². The van der Waals surface area contributed by atoms with Gasteiger partial charge < -0.3 is 19.7 Å². The van der Waals surface area contributed by atoms with Gasteiger partial charge in [0, 0.05) is 24.9 Å². The highest BCUT2D eigenvalue weighted by Gasteiger charge is 2.35. The Morgan fingerprint density at radius 1 is 1.13 bits per heavy atom. The minimum absolute atomic E-state index is 0.0230. The first-order chi connectivity index (χ1) is 14.4. The number of urea groups is 1. The number of rotatable bonds is 7. The number of nitro groups is 1. The van der Waals surface area contributed by atoms with Crippen molar-refractivity contribution in [1.82, 2.24) is 10.2 Å². The third-order valence-electron chi connectivity index (χ3n) is 4.74. The number of carbonyl (C=O) groups excluding carboxylic acids is 2. The second-order valence-corrected chi connectivity index (χ2v) is 6.59. The van der Waals surface area contributed by atoms with E-state index in [-0.39, 0.29) is 30.5 Å². The van der Waals surface area contributed by atoms with Crippen LogP contribution in [0.2, 0.25) is 0 Å². The predicted molar refractivity (Wildman–Crippen MR) is 108 cm³/mol. The molecule has 1 atom stereocenters. The van der Waals surface area contributed by atoms with Crippen molar-refractivity contribution in [2.24, 2.45) is 0 Å². The molecule has 0 bridgehead atoms. The highest BCUT2D eigenvalue weighted by molar-refractivity contribution is 5.95. The summed E-state index contributed by atoms with van der Waals surface area (Å²) in [5.41, 5.74) is 1.15. The molecule has 0 spiro atoms. The number of hydrogen-bond donors (Lipinski definition) is 1. The number of para-hydroxylation sites is 1. The van der Waals surface area contributed by atoms with E-state index in [1.807, 2.05) is 18.2 Å². The molecular formula is C21H21N3O6. The molecule has 1 aliphatic heterocycles. The van der Waals surface area contributed by atoms with Crippen LogP contribution in [0.4, 0.5) is 10.5 Å². The van der Waals surface area contributed by atoms with E-state index in [9.17, 15) is 19.7 Å². The maximum Gasteiger partial charge on any atom is 0.338 e. The molecule has 1 N–H and O–H groups in total. The van der Waals surface area contributed by atoms with Gasteiger partial charge >= 0.3 is 12.0 Å². The number of ether oxygens (including phenoxy) is 2. The molecule has 0 aliphatic carbocycles. The average Bonchev–Trinajstić information content (AvgIpc) is 2.75. The molecule has 1 heterocycles. The lowest BCUT2D eigenvalue weighted by Gasteiger charge is -2.33. The van der Waals surface area contributed by atoms with Gasteiger partial charge in [0.25, 0.3) is 5.69 Å². The molecule has 2 aromatic rings. The molecule has 3 rings (SSSR count). The monoisotopic (exact) mass is 411 g/mol. The van der Waals surface area contributed by atoms with Crippen LogP contribution >= 0.6 is 0 Å². The number of benzene rings is 2. The Balaban J connectivity index is 1.74. The fourth-order valence-electron chi connectivity index (χ4n) is 3.03. The zero-order chi connectivity index (χ0) is 21.7. The van der Waals surface area contributed by atoms with Gasteiger partial charge in [-0.15, -0.1) is 0 Å². The minimum Gasteiger partial charge on any atom is -0.490 e. The molecule has 1 aliphatic rings. The molecule has 2 amide bonds. The van der Waals surface area contributed by atoms with Crippen LogP contribution in [0, 0.1) is 10.1 Å². The zero-order valence-corrected chi connectivity index (χ0v) is 16.5. The molecule has 156 valence electrons. The van der Waals surface area contributed by atoms with Gasteiger partial charge in [0.1, 0.15) is 19.0 Å². The van der Waals surface area contributed by atoms with Crippen LogP contribution in [0.5, 0.6) is 5.75 Å². The van der Waals surface area contributed by atoms with Crippen molar-refractivity contribution in [2.45, 2.75) is 13.0 Å². The Bertz CT molecular complexity index is 972. The SMILES string of the molecule is CC1=C(C(=O)OCCOc2ccccc2)[C@H](c2ccc([N+](=O)[O-])cc2)NC(=O)N1C. The molecule has 0 saturated heterocycles. The van der Waals surface area contributed by atoms with Crippen LogP contribution in [0.3, 0.4) is 0 Å². The highest BCUT2D eigenvalue weighted by atomic mass is 16.6. The average molecular weight is 411 g/mol. The molecule has 0 unspecified atom stereocenters.